The van der Waals surface area contributed by atoms with E-state index in [9.17, 15) is 13.2 Å². The van der Waals surface area contributed by atoms with Crippen molar-refractivity contribution < 1.29 is 8.42 Å². The van der Waals surface area contributed by atoms with Crippen molar-refractivity contribution in [1.82, 2.24) is 9.29 Å². The Balaban J connectivity index is 1.78. The molecule has 0 fully saturated rings. The standard InChI is InChI=1S/C24H24N2O3S2/c1-16-6-10-22(11-7-16)31(28,29)26(15-21-5-4-12-30-21)14-20-13-19-9-8-17(2)18(3)23(19)25-24(20)27/h4-13H,14-15H2,1-3H3,(H,25,27). The Labute approximate surface area is 186 Å². The molecule has 2 aromatic heterocycles. The molecule has 2 aromatic carbocycles. The lowest BCUT2D eigenvalue weighted by Gasteiger charge is -2.22. The second-order valence-electron chi connectivity index (χ2n) is 7.76. The summed E-state index contributed by atoms with van der Waals surface area (Å²) in [6.07, 6.45) is 0. The van der Waals surface area contributed by atoms with Crippen molar-refractivity contribution in [3.63, 3.8) is 0 Å². The highest BCUT2D eigenvalue weighted by atomic mass is 32.2. The fourth-order valence-corrected chi connectivity index (χ4v) is 5.74. The molecule has 0 spiro atoms. The summed E-state index contributed by atoms with van der Waals surface area (Å²) < 4.78 is 28.3. The minimum absolute atomic E-state index is 0.00763. The number of aromatic nitrogens is 1. The second-order valence-corrected chi connectivity index (χ2v) is 10.7. The first-order valence-corrected chi connectivity index (χ1v) is 12.3. The van der Waals surface area contributed by atoms with Gasteiger partial charge in [-0.1, -0.05) is 35.9 Å². The smallest absolute Gasteiger partial charge is 0.252 e. The topological polar surface area (TPSA) is 70.2 Å². The third-order valence-corrected chi connectivity index (χ3v) is 8.21. The third kappa shape index (κ3) is 4.35. The monoisotopic (exact) mass is 452 g/mol. The molecule has 0 saturated carbocycles. The van der Waals surface area contributed by atoms with Crippen LogP contribution in [0.4, 0.5) is 0 Å². The van der Waals surface area contributed by atoms with Crippen LogP contribution in [0.25, 0.3) is 10.9 Å². The van der Waals surface area contributed by atoms with Gasteiger partial charge in [-0.05, 0) is 66.9 Å². The van der Waals surface area contributed by atoms with E-state index in [0.717, 1.165) is 32.5 Å². The fraction of sp³-hybridized carbons (Fsp3) is 0.208. The summed E-state index contributed by atoms with van der Waals surface area (Å²) >= 11 is 1.49. The Kier molecular flexibility index (Phi) is 5.83. The average Bonchev–Trinajstić information content (AvgIpc) is 3.25. The zero-order chi connectivity index (χ0) is 22.2. The van der Waals surface area contributed by atoms with E-state index in [1.165, 1.54) is 15.6 Å². The first-order chi connectivity index (χ1) is 14.8. The van der Waals surface area contributed by atoms with Crippen LogP contribution in [-0.4, -0.2) is 17.7 Å². The highest BCUT2D eigenvalue weighted by Gasteiger charge is 2.26. The second kappa shape index (κ2) is 8.42. The number of nitrogens with one attached hydrogen (secondary N) is 1. The van der Waals surface area contributed by atoms with E-state index in [4.69, 9.17) is 0 Å². The van der Waals surface area contributed by atoms with Gasteiger partial charge in [0.05, 0.1) is 10.4 Å². The lowest BCUT2D eigenvalue weighted by atomic mass is 10.0. The lowest BCUT2D eigenvalue weighted by molar-refractivity contribution is 0.402. The molecular weight excluding hydrogens is 428 g/mol. The number of H-pyrrole nitrogens is 1. The number of thiophene rings is 1. The molecule has 0 aliphatic heterocycles. The number of nitrogens with zero attached hydrogens (tertiary/aromatic N) is 1. The molecule has 0 radical (unpaired) electrons. The van der Waals surface area contributed by atoms with Gasteiger partial charge in [-0.25, -0.2) is 8.42 Å². The molecule has 1 N–H and O–H groups in total. The SMILES string of the molecule is Cc1ccc(S(=O)(=O)N(Cc2cccs2)Cc2cc3ccc(C)c(C)c3[nH]c2=O)cc1. The number of aromatic amines is 1. The molecule has 7 heteroatoms. The predicted octanol–water partition coefficient (Wildman–Crippen LogP) is 4.91. The van der Waals surface area contributed by atoms with Crippen molar-refractivity contribution in [3.05, 3.63) is 97.5 Å². The minimum Gasteiger partial charge on any atom is -0.321 e. The molecule has 2 heterocycles. The molecule has 0 aliphatic rings. The number of hydrogen-bond donors (Lipinski definition) is 1. The van der Waals surface area contributed by atoms with Crippen LogP contribution in [0.3, 0.4) is 0 Å². The highest BCUT2D eigenvalue weighted by molar-refractivity contribution is 7.89. The minimum atomic E-state index is -3.79. The third-order valence-electron chi connectivity index (χ3n) is 5.55. The Hall–Kier alpha value is -2.74. The van der Waals surface area contributed by atoms with E-state index < -0.39 is 10.0 Å². The van der Waals surface area contributed by atoms with Gasteiger partial charge in [-0.2, -0.15) is 4.31 Å². The van der Waals surface area contributed by atoms with Crippen LogP contribution in [0.5, 0.6) is 0 Å². The Morgan fingerprint density at radius 2 is 1.71 bits per heavy atom. The van der Waals surface area contributed by atoms with Crippen LogP contribution >= 0.6 is 11.3 Å². The molecule has 31 heavy (non-hydrogen) atoms. The number of benzene rings is 2. The average molecular weight is 453 g/mol. The molecule has 0 aliphatic carbocycles. The van der Waals surface area contributed by atoms with Gasteiger partial charge in [0.2, 0.25) is 10.0 Å². The van der Waals surface area contributed by atoms with Gasteiger partial charge in [0.15, 0.2) is 0 Å². The van der Waals surface area contributed by atoms with Gasteiger partial charge >= 0.3 is 0 Å². The number of hydrogen-bond acceptors (Lipinski definition) is 4. The summed E-state index contributed by atoms with van der Waals surface area (Å²) in [6.45, 7) is 6.08. The van der Waals surface area contributed by atoms with Crippen molar-refractivity contribution >= 4 is 32.3 Å². The van der Waals surface area contributed by atoms with Crippen molar-refractivity contribution in [1.29, 1.82) is 0 Å². The summed E-state index contributed by atoms with van der Waals surface area (Å²) in [7, 11) is -3.79. The predicted molar refractivity (Wildman–Crippen MR) is 126 cm³/mol. The number of fused-ring (bicyclic) bond motifs is 1. The molecule has 0 atom stereocenters. The zero-order valence-corrected chi connectivity index (χ0v) is 19.3. The van der Waals surface area contributed by atoms with E-state index in [1.54, 1.807) is 30.3 Å². The maximum Gasteiger partial charge on any atom is 0.252 e. The molecule has 0 bridgehead atoms. The molecule has 4 rings (SSSR count). The van der Waals surface area contributed by atoms with E-state index in [-0.39, 0.29) is 23.5 Å². The molecule has 0 amide bonds. The number of rotatable bonds is 6. The molecule has 0 saturated heterocycles. The van der Waals surface area contributed by atoms with Crippen LogP contribution < -0.4 is 5.56 Å². The summed E-state index contributed by atoms with van der Waals surface area (Å²) in [5.74, 6) is 0. The number of pyridine rings is 1. The van der Waals surface area contributed by atoms with Crippen LogP contribution in [0.15, 0.2) is 69.7 Å². The van der Waals surface area contributed by atoms with Crippen molar-refractivity contribution in [3.8, 4) is 0 Å². The van der Waals surface area contributed by atoms with Gasteiger partial charge in [0.25, 0.3) is 5.56 Å². The Morgan fingerprint density at radius 3 is 2.39 bits per heavy atom. The molecule has 0 unspecified atom stereocenters. The summed E-state index contributed by atoms with van der Waals surface area (Å²) in [4.78, 5) is 17.0. The van der Waals surface area contributed by atoms with Crippen LogP contribution in [0.2, 0.25) is 0 Å². The van der Waals surface area contributed by atoms with Crippen LogP contribution in [0.1, 0.15) is 27.1 Å². The van der Waals surface area contributed by atoms with Crippen molar-refractivity contribution in [2.45, 2.75) is 38.8 Å². The quantitative estimate of drug-likeness (QED) is 0.452. The van der Waals surface area contributed by atoms with Crippen LogP contribution in [0, 0.1) is 20.8 Å². The molecular formula is C24H24N2O3S2. The molecule has 4 aromatic rings. The van der Waals surface area contributed by atoms with Gasteiger partial charge in [-0.3, -0.25) is 4.79 Å². The summed E-state index contributed by atoms with van der Waals surface area (Å²) in [6, 6.07) is 16.3. The van der Waals surface area contributed by atoms with E-state index >= 15 is 0 Å². The first-order valence-electron chi connectivity index (χ1n) is 9.97. The Morgan fingerprint density at radius 1 is 0.968 bits per heavy atom. The first kappa shape index (κ1) is 21.5. The lowest BCUT2D eigenvalue weighted by Crippen LogP contribution is -2.32. The van der Waals surface area contributed by atoms with Crippen LogP contribution in [-0.2, 0) is 23.1 Å². The van der Waals surface area contributed by atoms with Crippen molar-refractivity contribution in [2.75, 3.05) is 0 Å². The normalized spacial score (nSPS) is 12.0. The maximum absolute atomic E-state index is 13.5. The van der Waals surface area contributed by atoms with Gasteiger partial charge in [0.1, 0.15) is 0 Å². The summed E-state index contributed by atoms with van der Waals surface area (Å²) in [5.41, 5.74) is 4.04. The van der Waals surface area contributed by atoms with E-state index in [2.05, 4.69) is 4.98 Å². The largest absolute Gasteiger partial charge is 0.321 e. The van der Waals surface area contributed by atoms with Gasteiger partial charge in [-0.15, -0.1) is 11.3 Å². The zero-order valence-electron chi connectivity index (χ0n) is 17.7. The van der Waals surface area contributed by atoms with E-state index in [0.29, 0.717) is 5.56 Å². The highest BCUT2D eigenvalue weighted by Crippen LogP contribution is 2.24. The fourth-order valence-electron chi connectivity index (χ4n) is 3.54. The van der Waals surface area contributed by atoms with Crippen molar-refractivity contribution in [2.24, 2.45) is 0 Å². The number of aryl methyl sites for hydroxylation is 3. The molecule has 5 nitrogen and oxygen atoms in total. The Bertz CT molecular complexity index is 1390. The van der Waals surface area contributed by atoms with E-state index in [1.807, 2.05) is 50.4 Å². The van der Waals surface area contributed by atoms with Gasteiger partial charge < -0.3 is 4.98 Å². The number of sulfonamides is 1. The van der Waals surface area contributed by atoms with Gasteiger partial charge in [0, 0.05) is 23.5 Å². The maximum atomic E-state index is 13.5. The molecule has 160 valence electrons. The summed E-state index contributed by atoms with van der Waals surface area (Å²) in [5, 5.41) is 2.81.